The lowest BCUT2D eigenvalue weighted by Crippen LogP contribution is -2.21. The molecule has 1 aromatic heterocycles. The molecule has 0 aliphatic heterocycles. The fraction of sp³-hybridized carbons (Fsp3) is 0.286. The Morgan fingerprint density at radius 1 is 1.43 bits per heavy atom. The lowest BCUT2D eigenvalue weighted by atomic mass is 10.1. The van der Waals surface area contributed by atoms with Gasteiger partial charge in [-0.2, -0.15) is 0 Å². The number of ether oxygens (including phenoxy) is 1. The Kier molecular flexibility index (Phi) is 4.61. The second kappa shape index (κ2) is 6.45. The summed E-state index contributed by atoms with van der Waals surface area (Å²) in [6.07, 6.45) is 1.14. The molecule has 0 atom stereocenters. The van der Waals surface area contributed by atoms with Gasteiger partial charge in [0.05, 0.1) is 17.5 Å². The molecule has 23 heavy (non-hydrogen) atoms. The number of nitrogens with zero attached hydrogens (tertiary/aromatic N) is 4. The van der Waals surface area contributed by atoms with E-state index in [4.69, 9.17) is 10.3 Å². The molecule has 9 heteroatoms. The Hall–Kier alpha value is -2.93. The van der Waals surface area contributed by atoms with Gasteiger partial charge in [0.25, 0.3) is 0 Å². The van der Waals surface area contributed by atoms with Crippen molar-refractivity contribution >= 4 is 22.6 Å². The summed E-state index contributed by atoms with van der Waals surface area (Å²) in [6, 6.07) is 0.750. The Balaban J connectivity index is 2.94. The maximum Gasteiger partial charge on any atom is 0.343 e. The zero-order chi connectivity index (χ0) is 17.1. The SMILES string of the molecule is CCOC(=O)c1cn(CC)c2c(F)c(N=[N+]=[N-])c(F)cc2c1=O. The third kappa shape index (κ3) is 2.74. The van der Waals surface area contributed by atoms with Gasteiger partial charge < -0.3 is 9.30 Å². The number of rotatable bonds is 4. The molecule has 0 radical (unpaired) electrons. The molecule has 0 bridgehead atoms. The number of benzene rings is 1. The predicted octanol–water partition coefficient (Wildman–Crippen LogP) is 3.42. The molecule has 1 heterocycles. The second-order valence-corrected chi connectivity index (χ2v) is 4.48. The number of aryl methyl sites for hydroxylation is 1. The Bertz CT molecular complexity index is 901. The fourth-order valence-corrected chi connectivity index (χ4v) is 2.22. The van der Waals surface area contributed by atoms with Crippen molar-refractivity contribution in [2.75, 3.05) is 6.61 Å². The number of carbonyl (C=O) groups excluding carboxylic acids is 1. The zero-order valence-electron chi connectivity index (χ0n) is 12.3. The van der Waals surface area contributed by atoms with Gasteiger partial charge in [0.2, 0.25) is 5.43 Å². The highest BCUT2D eigenvalue weighted by Gasteiger charge is 2.21. The van der Waals surface area contributed by atoms with E-state index in [1.165, 1.54) is 4.57 Å². The molecule has 0 unspecified atom stereocenters. The van der Waals surface area contributed by atoms with Crippen LogP contribution in [0.1, 0.15) is 24.2 Å². The molecular formula is C14H12F2N4O3. The van der Waals surface area contributed by atoms with Gasteiger partial charge in [-0.05, 0) is 25.4 Å². The summed E-state index contributed by atoms with van der Waals surface area (Å²) in [5, 5.41) is 2.64. The number of pyridine rings is 1. The molecule has 0 amide bonds. The Labute approximate surface area is 128 Å². The first-order valence-electron chi connectivity index (χ1n) is 6.73. The first kappa shape index (κ1) is 16.4. The number of esters is 1. The minimum absolute atomic E-state index is 0.0565. The van der Waals surface area contributed by atoms with E-state index in [-0.39, 0.29) is 29.6 Å². The summed E-state index contributed by atoms with van der Waals surface area (Å²) in [5.74, 6) is -3.22. The van der Waals surface area contributed by atoms with Gasteiger partial charge in [-0.15, -0.1) is 0 Å². The van der Waals surface area contributed by atoms with Crippen molar-refractivity contribution in [3.63, 3.8) is 0 Å². The van der Waals surface area contributed by atoms with Gasteiger partial charge in [-0.1, -0.05) is 5.11 Å². The van der Waals surface area contributed by atoms with Gasteiger partial charge in [-0.25, -0.2) is 13.6 Å². The number of halogens is 2. The van der Waals surface area contributed by atoms with Gasteiger partial charge in [0.15, 0.2) is 5.82 Å². The average molecular weight is 322 g/mol. The molecule has 2 aromatic rings. The van der Waals surface area contributed by atoms with Crippen molar-refractivity contribution in [1.29, 1.82) is 0 Å². The third-order valence-electron chi connectivity index (χ3n) is 3.21. The highest BCUT2D eigenvalue weighted by Crippen LogP contribution is 2.29. The molecule has 7 nitrogen and oxygen atoms in total. The highest BCUT2D eigenvalue weighted by molar-refractivity contribution is 5.94. The van der Waals surface area contributed by atoms with Crippen LogP contribution < -0.4 is 5.43 Å². The van der Waals surface area contributed by atoms with Crippen LogP contribution in [0.5, 0.6) is 0 Å². The van der Waals surface area contributed by atoms with Crippen LogP contribution in [0.15, 0.2) is 22.2 Å². The van der Waals surface area contributed by atoms with E-state index in [1.807, 2.05) is 0 Å². The predicted molar refractivity (Wildman–Crippen MR) is 78.6 cm³/mol. The first-order chi connectivity index (χ1) is 11.0. The van der Waals surface area contributed by atoms with Gasteiger partial charge >= 0.3 is 5.97 Å². The quantitative estimate of drug-likeness (QED) is 0.373. The standard InChI is InChI=1S/C14H12F2N4O3/c1-3-20-6-8(14(22)23-4-2)13(21)7-5-9(15)11(18-19-17)10(16)12(7)20/h5-6H,3-4H2,1-2H3. The van der Waals surface area contributed by atoms with Crippen LogP contribution in [0.25, 0.3) is 21.3 Å². The van der Waals surface area contributed by atoms with Crippen LogP contribution in [0, 0.1) is 11.6 Å². The molecule has 0 aliphatic carbocycles. The maximum absolute atomic E-state index is 14.4. The number of aromatic nitrogens is 1. The molecular weight excluding hydrogens is 310 g/mol. The highest BCUT2D eigenvalue weighted by atomic mass is 19.1. The molecule has 0 N–H and O–H groups in total. The minimum atomic E-state index is -1.19. The van der Waals surface area contributed by atoms with Crippen molar-refractivity contribution in [3.05, 3.63) is 50.1 Å². The minimum Gasteiger partial charge on any atom is -0.462 e. The monoisotopic (exact) mass is 322 g/mol. The van der Waals surface area contributed by atoms with Gasteiger partial charge in [0.1, 0.15) is 17.1 Å². The lowest BCUT2D eigenvalue weighted by Gasteiger charge is -2.13. The van der Waals surface area contributed by atoms with Crippen molar-refractivity contribution in [2.24, 2.45) is 5.11 Å². The second-order valence-electron chi connectivity index (χ2n) is 4.48. The van der Waals surface area contributed by atoms with Crippen LogP contribution in [-0.2, 0) is 11.3 Å². The molecule has 0 spiro atoms. The van der Waals surface area contributed by atoms with E-state index in [1.54, 1.807) is 13.8 Å². The summed E-state index contributed by atoms with van der Waals surface area (Å²) < 4.78 is 34.4. The Morgan fingerprint density at radius 3 is 2.70 bits per heavy atom. The van der Waals surface area contributed by atoms with Crippen molar-refractivity contribution in [3.8, 4) is 0 Å². The zero-order valence-corrected chi connectivity index (χ0v) is 12.3. The topological polar surface area (TPSA) is 97.1 Å². The van der Waals surface area contributed by atoms with Crippen LogP contribution in [0.3, 0.4) is 0 Å². The number of hydrogen-bond donors (Lipinski definition) is 0. The first-order valence-corrected chi connectivity index (χ1v) is 6.73. The molecule has 0 fully saturated rings. The van der Waals surface area contributed by atoms with E-state index in [0.717, 1.165) is 12.3 Å². The molecule has 2 rings (SSSR count). The Morgan fingerprint density at radius 2 is 2.13 bits per heavy atom. The van der Waals surface area contributed by atoms with E-state index in [0.29, 0.717) is 0 Å². The number of fused-ring (bicyclic) bond motifs is 1. The van der Waals surface area contributed by atoms with E-state index in [9.17, 15) is 18.4 Å². The van der Waals surface area contributed by atoms with E-state index in [2.05, 4.69) is 10.0 Å². The summed E-state index contributed by atoms with van der Waals surface area (Å²) in [4.78, 5) is 26.5. The largest absolute Gasteiger partial charge is 0.462 e. The number of hydrogen-bond acceptors (Lipinski definition) is 4. The smallest absolute Gasteiger partial charge is 0.343 e. The summed E-state index contributed by atoms with van der Waals surface area (Å²) in [6.45, 7) is 3.47. The molecule has 120 valence electrons. The fourth-order valence-electron chi connectivity index (χ4n) is 2.22. The number of azide groups is 1. The number of carbonyl (C=O) groups is 1. The molecule has 0 aliphatic rings. The van der Waals surface area contributed by atoms with Crippen LogP contribution in [0.2, 0.25) is 0 Å². The van der Waals surface area contributed by atoms with Crippen LogP contribution in [-0.4, -0.2) is 17.1 Å². The molecule has 0 saturated carbocycles. The van der Waals surface area contributed by atoms with Gasteiger partial charge in [-0.3, -0.25) is 4.79 Å². The maximum atomic E-state index is 14.4. The molecule has 0 saturated heterocycles. The van der Waals surface area contributed by atoms with Crippen molar-refractivity contribution in [2.45, 2.75) is 20.4 Å². The van der Waals surface area contributed by atoms with Crippen molar-refractivity contribution < 1.29 is 18.3 Å². The average Bonchev–Trinajstić information content (AvgIpc) is 2.52. The third-order valence-corrected chi connectivity index (χ3v) is 3.21. The van der Waals surface area contributed by atoms with E-state index < -0.39 is 28.7 Å². The summed E-state index contributed by atoms with van der Waals surface area (Å²) >= 11 is 0. The van der Waals surface area contributed by atoms with Crippen molar-refractivity contribution in [1.82, 2.24) is 4.57 Å². The van der Waals surface area contributed by atoms with Crippen LogP contribution in [0.4, 0.5) is 14.5 Å². The van der Waals surface area contributed by atoms with Gasteiger partial charge in [0, 0.05) is 17.7 Å². The summed E-state index contributed by atoms with van der Waals surface area (Å²) in [7, 11) is 0. The normalized spacial score (nSPS) is 10.4. The van der Waals surface area contributed by atoms with E-state index >= 15 is 0 Å². The molecule has 1 aromatic carbocycles. The van der Waals surface area contributed by atoms with Crippen LogP contribution >= 0.6 is 0 Å². The lowest BCUT2D eigenvalue weighted by molar-refractivity contribution is 0.0524. The summed E-state index contributed by atoms with van der Waals surface area (Å²) in [5.41, 5.74) is 6.15.